The first-order valence-corrected chi connectivity index (χ1v) is 7.64. The van der Waals surface area contributed by atoms with Crippen molar-refractivity contribution in [1.29, 1.82) is 0 Å². The number of carboxylic acid groups (broad SMARTS) is 1. The molecule has 1 aromatic heterocycles. The summed E-state index contributed by atoms with van der Waals surface area (Å²) in [6, 6.07) is 8.84. The minimum atomic E-state index is -4.94. The van der Waals surface area contributed by atoms with E-state index >= 15 is 0 Å². The topological polar surface area (TPSA) is 101 Å². The third-order valence-corrected chi connectivity index (χ3v) is 4.34. The third kappa shape index (κ3) is 3.11. The highest BCUT2D eigenvalue weighted by molar-refractivity contribution is 5.81. The van der Waals surface area contributed by atoms with Crippen LogP contribution in [0.2, 0.25) is 0 Å². The maximum Gasteiger partial charge on any atom is 0.406 e. The second kappa shape index (κ2) is 6.39. The van der Waals surface area contributed by atoms with Crippen molar-refractivity contribution in [3.63, 3.8) is 0 Å². The van der Waals surface area contributed by atoms with Crippen LogP contribution in [0.3, 0.4) is 0 Å². The van der Waals surface area contributed by atoms with Crippen LogP contribution >= 0.6 is 0 Å². The van der Waals surface area contributed by atoms with Crippen LogP contribution in [-0.2, 0) is 16.1 Å². The monoisotopic (exact) mass is 369 g/mol. The van der Waals surface area contributed by atoms with Crippen molar-refractivity contribution in [3.8, 4) is 11.4 Å². The number of hydrogen-bond acceptors (Lipinski definition) is 5. The lowest BCUT2D eigenvalue weighted by Gasteiger charge is -2.27. The van der Waals surface area contributed by atoms with E-state index in [9.17, 15) is 22.8 Å². The number of hydrogen-bond donors (Lipinski definition) is 1. The number of nitrogens with zero attached hydrogens (tertiary/aromatic N) is 5. The summed E-state index contributed by atoms with van der Waals surface area (Å²) in [7, 11) is 0. The number of tetrazole rings is 1. The average molecular weight is 369 g/mol. The summed E-state index contributed by atoms with van der Waals surface area (Å²) in [5, 5.41) is 20.6. The van der Waals surface area contributed by atoms with Crippen LogP contribution in [-0.4, -0.2) is 61.4 Å². The summed E-state index contributed by atoms with van der Waals surface area (Å²) in [5.41, 5.74) is -2.26. The van der Waals surface area contributed by atoms with Crippen molar-refractivity contribution in [2.24, 2.45) is 5.41 Å². The minimum Gasteiger partial charge on any atom is -0.481 e. The standard InChI is InChI=1S/C15H14F3N5O3/c16-15(17,18)14(13(25)26)6-7-22(9-14)11(24)8-23-20-12(19-21-23)10-4-2-1-3-5-10/h1-5H,6-9H2,(H,25,26). The Morgan fingerprint density at radius 3 is 2.50 bits per heavy atom. The van der Waals surface area contributed by atoms with E-state index in [0.29, 0.717) is 5.56 Å². The van der Waals surface area contributed by atoms with Gasteiger partial charge in [0.2, 0.25) is 11.7 Å². The van der Waals surface area contributed by atoms with Gasteiger partial charge in [-0.1, -0.05) is 30.3 Å². The normalized spacial score (nSPS) is 20.3. The van der Waals surface area contributed by atoms with Gasteiger partial charge >= 0.3 is 12.1 Å². The summed E-state index contributed by atoms with van der Waals surface area (Å²) in [6.45, 7) is -1.65. The predicted octanol–water partition coefficient (Wildman–Crippen LogP) is 1.21. The number of carbonyl (C=O) groups excluding carboxylic acids is 1. The molecular weight excluding hydrogens is 355 g/mol. The first-order chi connectivity index (χ1) is 12.2. The van der Waals surface area contributed by atoms with E-state index in [1.54, 1.807) is 30.3 Å². The van der Waals surface area contributed by atoms with Crippen molar-refractivity contribution >= 4 is 11.9 Å². The molecule has 1 aliphatic rings. The molecule has 0 bridgehead atoms. The molecule has 1 N–H and O–H groups in total. The zero-order chi connectivity index (χ0) is 18.9. The molecule has 0 saturated carbocycles. The molecule has 1 aromatic carbocycles. The lowest BCUT2D eigenvalue weighted by atomic mass is 9.86. The number of carbonyl (C=O) groups is 2. The Kier molecular flexibility index (Phi) is 4.38. The number of likely N-dealkylation sites (tertiary alicyclic amines) is 1. The number of halogens is 3. The molecule has 1 amide bonds. The molecule has 1 saturated heterocycles. The number of rotatable bonds is 4. The van der Waals surface area contributed by atoms with Gasteiger partial charge in [-0.15, -0.1) is 10.2 Å². The predicted molar refractivity (Wildman–Crippen MR) is 80.6 cm³/mol. The van der Waals surface area contributed by atoms with Crippen molar-refractivity contribution in [3.05, 3.63) is 30.3 Å². The Hall–Kier alpha value is -2.98. The lowest BCUT2D eigenvalue weighted by Crippen LogP contribution is -2.48. The number of aromatic nitrogens is 4. The highest BCUT2D eigenvalue weighted by atomic mass is 19.4. The van der Waals surface area contributed by atoms with Gasteiger partial charge in [-0.2, -0.15) is 18.0 Å². The van der Waals surface area contributed by atoms with Crippen molar-refractivity contribution < 1.29 is 27.9 Å². The van der Waals surface area contributed by atoms with Crippen molar-refractivity contribution in [2.45, 2.75) is 19.1 Å². The number of amides is 1. The van der Waals surface area contributed by atoms with Gasteiger partial charge in [0.1, 0.15) is 6.54 Å². The molecule has 8 nitrogen and oxygen atoms in total. The Labute approximate surface area is 145 Å². The van der Waals surface area contributed by atoms with E-state index in [-0.39, 0.29) is 12.4 Å². The molecule has 0 aliphatic carbocycles. The van der Waals surface area contributed by atoms with E-state index in [4.69, 9.17) is 5.11 Å². The Bertz CT molecular complexity index is 823. The maximum absolute atomic E-state index is 13.2. The van der Waals surface area contributed by atoms with Crippen LogP contribution in [0.1, 0.15) is 6.42 Å². The quantitative estimate of drug-likeness (QED) is 0.869. The van der Waals surface area contributed by atoms with Crippen LogP contribution in [0.4, 0.5) is 13.2 Å². The second-order valence-electron chi connectivity index (χ2n) is 5.96. The zero-order valence-corrected chi connectivity index (χ0v) is 13.3. The summed E-state index contributed by atoms with van der Waals surface area (Å²) in [5.74, 6) is -2.41. The summed E-state index contributed by atoms with van der Waals surface area (Å²) < 4.78 is 39.5. The third-order valence-electron chi connectivity index (χ3n) is 4.34. The zero-order valence-electron chi connectivity index (χ0n) is 13.3. The van der Waals surface area contributed by atoms with Crippen LogP contribution < -0.4 is 0 Å². The average Bonchev–Trinajstić information content (AvgIpc) is 3.23. The molecule has 1 aliphatic heterocycles. The molecule has 2 heterocycles. The Morgan fingerprint density at radius 2 is 1.92 bits per heavy atom. The van der Waals surface area contributed by atoms with E-state index < -0.39 is 43.0 Å². The van der Waals surface area contributed by atoms with E-state index in [1.807, 2.05) is 0 Å². The van der Waals surface area contributed by atoms with Gasteiger partial charge in [0.25, 0.3) is 0 Å². The van der Waals surface area contributed by atoms with E-state index in [1.165, 1.54) is 0 Å². The molecule has 2 aromatic rings. The number of alkyl halides is 3. The molecule has 26 heavy (non-hydrogen) atoms. The van der Waals surface area contributed by atoms with Gasteiger partial charge < -0.3 is 10.0 Å². The van der Waals surface area contributed by atoms with E-state index in [0.717, 1.165) is 9.70 Å². The first kappa shape index (κ1) is 17.8. The fourth-order valence-electron chi connectivity index (χ4n) is 2.78. The van der Waals surface area contributed by atoms with Gasteiger partial charge in [-0.3, -0.25) is 9.59 Å². The molecule has 1 unspecified atom stereocenters. The smallest absolute Gasteiger partial charge is 0.406 e. The second-order valence-corrected chi connectivity index (χ2v) is 5.96. The summed E-state index contributed by atoms with van der Waals surface area (Å²) in [6.07, 6.45) is -5.63. The fraction of sp³-hybridized carbons (Fsp3) is 0.400. The summed E-state index contributed by atoms with van der Waals surface area (Å²) >= 11 is 0. The van der Waals surface area contributed by atoms with Gasteiger partial charge in [-0.05, 0) is 11.6 Å². The SMILES string of the molecule is O=C(Cn1nnc(-c2ccccc2)n1)N1CCC(C(=O)O)(C(F)(F)F)C1. The van der Waals surface area contributed by atoms with Gasteiger partial charge in [-0.25, -0.2) is 0 Å². The Morgan fingerprint density at radius 1 is 1.23 bits per heavy atom. The molecular formula is C15H14F3N5O3. The highest BCUT2D eigenvalue weighted by Crippen LogP contribution is 2.45. The molecule has 0 radical (unpaired) electrons. The molecule has 0 spiro atoms. The van der Waals surface area contributed by atoms with Crippen molar-refractivity contribution in [2.75, 3.05) is 13.1 Å². The molecule has 11 heteroatoms. The largest absolute Gasteiger partial charge is 0.481 e. The first-order valence-electron chi connectivity index (χ1n) is 7.64. The van der Waals surface area contributed by atoms with Gasteiger partial charge in [0, 0.05) is 18.7 Å². The summed E-state index contributed by atoms with van der Waals surface area (Å²) in [4.78, 5) is 25.2. The highest BCUT2D eigenvalue weighted by Gasteiger charge is 2.64. The number of aliphatic carboxylic acids is 1. The number of benzene rings is 1. The lowest BCUT2D eigenvalue weighted by molar-refractivity contribution is -0.227. The molecule has 138 valence electrons. The molecule has 3 rings (SSSR count). The van der Waals surface area contributed by atoms with Gasteiger partial charge in [0.05, 0.1) is 0 Å². The van der Waals surface area contributed by atoms with Crippen LogP contribution in [0.5, 0.6) is 0 Å². The number of carboxylic acids is 1. The molecule has 1 fully saturated rings. The van der Waals surface area contributed by atoms with Crippen LogP contribution in [0, 0.1) is 5.41 Å². The molecule has 1 atom stereocenters. The van der Waals surface area contributed by atoms with Gasteiger partial charge in [0.15, 0.2) is 5.41 Å². The minimum absolute atomic E-state index is 0.273. The van der Waals surface area contributed by atoms with Crippen LogP contribution in [0.15, 0.2) is 30.3 Å². The maximum atomic E-state index is 13.2. The van der Waals surface area contributed by atoms with E-state index in [2.05, 4.69) is 15.4 Å². The Balaban J connectivity index is 1.70. The van der Waals surface area contributed by atoms with Crippen molar-refractivity contribution in [1.82, 2.24) is 25.1 Å². The van der Waals surface area contributed by atoms with Crippen LogP contribution in [0.25, 0.3) is 11.4 Å². The fourth-order valence-corrected chi connectivity index (χ4v) is 2.78.